The molecule has 14 heavy (non-hydrogen) atoms. The lowest BCUT2D eigenvalue weighted by Gasteiger charge is -2.07. The summed E-state index contributed by atoms with van der Waals surface area (Å²) in [4.78, 5) is 31.7. The number of rotatable bonds is 7. The highest BCUT2D eigenvalue weighted by molar-refractivity contribution is 6.66. The molecule has 0 aliphatic rings. The van der Waals surface area contributed by atoms with Gasteiger partial charge in [0.1, 0.15) is 0 Å². The van der Waals surface area contributed by atoms with Gasteiger partial charge in [0.05, 0.1) is 0 Å². The second-order valence-electron chi connectivity index (χ2n) is 2.81. The lowest BCUT2D eigenvalue weighted by Crippen LogP contribution is -2.12. The summed E-state index contributed by atoms with van der Waals surface area (Å²) in [7, 11) is 0. The largest absolute Gasteiger partial charge is 0.281 e. The number of hydrogen-bond donors (Lipinski definition) is 0. The Bertz CT molecular complexity index is 240. The van der Waals surface area contributed by atoms with Gasteiger partial charge < -0.3 is 0 Å². The van der Waals surface area contributed by atoms with Gasteiger partial charge in [-0.25, -0.2) is 0 Å². The first-order valence-electron chi connectivity index (χ1n) is 3.99. The van der Waals surface area contributed by atoms with E-state index in [0.717, 1.165) is 0 Å². The van der Waals surface area contributed by atoms with Crippen molar-refractivity contribution < 1.29 is 14.4 Å². The highest BCUT2D eigenvalue weighted by atomic mass is 35.5. The molecule has 0 radical (unpaired) electrons. The van der Waals surface area contributed by atoms with Gasteiger partial charge in [0.15, 0.2) is 0 Å². The van der Waals surface area contributed by atoms with E-state index >= 15 is 0 Å². The zero-order chi connectivity index (χ0) is 11.1. The third kappa shape index (κ3) is 7.30. The van der Waals surface area contributed by atoms with Crippen molar-refractivity contribution in [1.82, 2.24) is 0 Å². The molecule has 6 heteroatoms. The highest BCUT2D eigenvalue weighted by Gasteiger charge is 2.19. The zero-order valence-corrected chi connectivity index (χ0v) is 9.53. The van der Waals surface area contributed by atoms with E-state index in [9.17, 15) is 14.4 Å². The van der Waals surface area contributed by atoms with Crippen LogP contribution in [0.15, 0.2) is 0 Å². The van der Waals surface area contributed by atoms with Crippen LogP contribution >= 0.6 is 34.8 Å². The molecule has 0 heterocycles. The summed E-state index contributed by atoms with van der Waals surface area (Å²) >= 11 is 15.4. The molecule has 0 aromatic rings. The summed E-state index contributed by atoms with van der Waals surface area (Å²) in [5.74, 6) is -0.613. The minimum atomic E-state index is -0.613. The molecule has 0 amide bonds. The van der Waals surface area contributed by atoms with Crippen LogP contribution < -0.4 is 0 Å². The van der Waals surface area contributed by atoms with E-state index in [2.05, 4.69) is 0 Å². The Balaban J connectivity index is 3.91. The standard InChI is InChI=1S/C8H9Cl3O3/c9-6(12)3-1-2-5(8(11)14)4-7(10)13/h5H,1-4H2. The summed E-state index contributed by atoms with van der Waals surface area (Å²) < 4.78 is 0. The fraction of sp³-hybridized carbons (Fsp3) is 0.625. The fourth-order valence-electron chi connectivity index (χ4n) is 0.977. The second kappa shape index (κ2) is 7.21. The van der Waals surface area contributed by atoms with Crippen LogP contribution in [0.3, 0.4) is 0 Å². The first-order chi connectivity index (χ1) is 6.43. The molecule has 0 aliphatic carbocycles. The van der Waals surface area contributed by atoms with Crippen LogP contribution in [0.4, 0.5) is 0 Å². The summed E-state index contributed by atoms with van der Waals surface area (Å²) in [6.07, 6.45) is 0.841. The maximum atomic E-state index is 10.8. The van der Waals surface area contributed by atoms with Crippen molar-refractivity contribution in [2.45, 2.75) is 25.7 Å². The van der Waals surface area contributed by atoms with Gasteiger partial charge in [0.2, 0.25) is 15.7 Å². The summed E-state index contributed by atoms with van der Waals surface area (Å²) in [6.45, 7) is 0. The van der Waals surface area contributed by atoms with E-state index in [4.69, 9.17) is 34.8 Å². The van der Waals surface area contributed by atoms with Crippen molar-refractivity contribution in [2.75, 3.05) is 0 Å². The van der Waals surface area contributed by atoms with Gasteiger partial charge in [-0.15, -0.1) is 0 Å². The lowest BCUT2D eigenvalue weighted by atomic mass is 10.0. The van der Waals surface area contributed by atoms with E-state index in [1.807, 2.05) is 0 Å². The maximum Gasteiger partial charge on any atom is 0.225 e. The zero-order valence-electron chi connectivity index (χ0n) is 7.26. The molecule has 0 N–H and O–H groups in total. The van der Waals surface area contributed by atoms with Gasteiger partial charge >= 0.3 is 0 Å². The van der Waals surface area contributed by atoms with E-state index in [1.165, 1.54) is 0 Å². The van der Waals surface area contributed by atoms with Gasteiger partial charge in [-0.05, 0) is 47.6 Å². The fourth-order valence-corrected chi connectivity index (χ4v) is 1.48. The van der Waals surface area contributed by atoms with Crippen LogP contribution in [0, 0.1) is 5.92 Å². The third-order valence-electron chi connectivity index (χ3n) is 1.65. The highest BCUT2D eigenvalue weighted by Crippen LogP contribution is 2.17. The lowest BCUT2D eigenvalue weighted by molar-refractivity contribution is -0.120. The minimum Gasteiger partial charge on any atom is -0.281 e. The number of carbonyl (C=O) groups is 3. The summed E-state index contributed by atoms with van der Waals surface area (Å²) in [5.41, 5.74) is 0. The van der Waals surface area contributed by atoms with Crippen LogP contribution in [0.1, 0.15) is 25.7 Å². The van der Waals surface area contributed by atoms with Crippen LogP contribution in [-0.2, 0) is 14.4 Å². The van der Waals surface area contributed by atoms with Gasteiger partial charge in [-0.3, -0.25) is 14.4 Å². The maximum absolute atomic E-state index is 10.8. The Hall–Kier alpha value is -0.120. The van der Waals surface area contributed by atoms with Crippen LogP contribution in [0.5, 0.6) is 0 Å². The quantitative estimate of drug-likeness (QED) is 0.660. The number of hydrogen-bond acceptors (Lipinski definition) is 3. The molecule has 0 saturated carbocycles. The molecule has 3 nitrogen and oxygen atoms in total. The average molecular weight is 260 g/mol. The van der Waals surface area contributed by atoms with Crippen LogP contribution in [0.25, 0.3) is 0 Å². The van der Waals surface area contributed by atoms with Crippen molar-refractivity contribution in [3.05, 3.63) is 0 Å². The number of halogens is 3. The molecule has 0 bridgehead atoms. The molecule has 0 rings (SSSR count). The SMILES string of the molecule is O=C(Cl)CCCC(CC(=O)Cl)C(=O)Cl. The molecular formula is C8H9Cl3O3. The third-order valence-corrected chi connectivity index (χ3v) is 2.31. The van der Waals surface area contributed by atoms with E-state index in [-0.39, 0.29) is 12.8 Å². The normalized spacial score (nSPS) is 12.2. The van der Waals surface area contributed by atoms with Gasteiger partial charge in [-0.1, -0.05) is 0 Å². The van der Waals surface area contributed by atoms with Gasteiger partial charge in [0, 0.05) is 18.8 Å². The van der Waals surface area contributed by atoms with Gasteiger partial charge in [-0.2, -0.15) is 0 Å². The first kappa shape index (κ1) is 13.9. The van der Waals surface area contributed by atoms with Gasteiger partial charge in [0.25, 0.3) is 0 Å². The molecule has 1 atom stereocenters. The van der Waals surface area contributed by atoms with E-state index < -0.39 is 21.6 Å². The van der Waals surface area contributed by atoms with Crippen molar-refractivity contribution in [3.63, 3.8) is 0 Å². The predicted molar refractivity (Wildman–Crippen MR) is 54.5 cm³/mol. The van der Waals surface area contributed by atoms with Crippen LogP contribution in [-0.4, -0.2) is 15.7 Å². The number of carbonyl (C=O) groups excluding carboxylic acids is 3. The van der Waals surface area contributed by atoms with E-state index in [1.54, 1.807) is 0 Å². The average Bonchev–Trinajstić information content (AvgIpc) is 2.00. The minimum absolute atomic E-state index is 0.0969. The molecular weight excluding hydrogens is 250 g/mol. The predicted octanol–water partition coefficient (Wildman–Crippen LogP) is 2.46. The molecule has 0 aromatic carbocycles. The van der Waals surface area contributed by atoms with Crippen LogP contribution in [0.2, 0.25) is 0 Å². The topological polar surface area (TPSA) is 51.2 Å². The first-order valence-corrected chi connectivity index (χ1v) is 5.13. The Labute approximate surface area is 96.7 Å². The van der Waals surface area contributed by atoms with Crippen molar-refractivity contribution >= 4 is 50.5 Å². The van der Waals surface area contributed by atoms with E-state index in [0.29, 0.717) is 12.8 Å². The molecule has 0 spiro atoms. The molecule has 1 unspecified atom stereocenters. The molecule has 0 aliphatic heterocycles. The Morgan fingerprint density at radius 2 is 1.57 bits per heavy atom. The molecule has 80 valence electrons. The summed E-state index contributed by atoms with van der Waals surface area (Å²) in [6, 6.07) is 0. The second-order valence-corrected chi connectivity index (χ2v) is 4.02. The Morgan fingerprint density at radius 1 is 1.00 bits per heavy atom. The van der Waals surface area contributed by atoms with Crippen molar-refractivity contribution in [2.24, 2.45) is 5.92 Å². The Morgan fingerprint density at radius 3 is 1.93 bits per heavy atom. The van der Waals surface area contributed by atoms with Crippen molar-refractivity contribution in [1.29, 1.82) is 0 Å². The Kier molecular flexibility index (Phi) is 7.15. The summed E-state index contributed by atoms with van der Waals surface area (Å²) in [5, 5.41) is -1.69. The van der Waals surface area contributed by atoms with Crippen molar-refractivity contribution in [3.8, 4) is 0 Å². The smallest absolute Gasteiger partial charge is 0.225 e. The molecule has 0 fully saturated rings. The molecule has 0 saturated heterocycles. The monoisotopic (exact) mass is 258 g/mol. The molecule has 0 aromatic heterocycles.